The van der Waals surface area contributed by atoms with Crippen molar-refractivity contribution in [2.45, 2.75) is 0 Å². The van der Waals surface area contributed by atoms with Gasteiger partial charge in [-0.25, -0.2) is 0 Å². The predicted molar refractivity (Wildman–Crippen MR) is 70.2 cm³/mol. The van der Waals surface area contributed by atoms with Crippen LogP contribution in [0.2, 0.25) is 0 Å². The van der Waals surface area contributed by atoms with E-state index in [1.54, 1.807) is 0 Å². The minimum absolute atomic E-state index is 0. The van der Waals surface area contributed by atoms with Crippen LogP contribution in [0.3, 0.4) is 0 Å². The molecule has 124 valence electrons. The van der Waals surface area contributed by atoms with E-state index >= 15 is 0 Å². The van der Waals surface area contributed by atoms with E-state index < -0.39 is 23.9 Å². The van der Waals surface area contributed by atoms with E-state index in [0.29, 0.717) is 0 Å². The summed E-state index contributed by atoms with van der Waals surface area (Å²) in [7, 11) is 0. The SMILES string of the molecule is O=C([O-])c1ccccc1C(=O)[O-].O=C([O-])c1ccccc1C(=O)[O-].[K+].[K+].[K+].[K+]. The minimum atomic E-state index is -1.52. The molecule has 0 aliphatic heterocycles. The van der Waals surface area contributed by atoms with E-state index in [2.05, 4.69) is 0 Å². The van der Waals surface area contributed by atoms with Gasteiger partial charge in [0.2, 0.25) is 0 Å². The van der Waals surface area contributed by atoms with Gasteiger partial charge in [-0.05, 0) is 0 Å². The van der Waals surface area contributed by atoms with Crippen LogP contribution < -0.4 is 226 Å². The van der Waals surface area contributed by atoms with Gasteiger partial charge in [-0.1, -0.05) is 48.5 Å². The molecule has 0 aliphatic rings. The van der Waals surface area contributed by atoms with Gasteiger partial charge in [0, 0.05) is 22.3 Å². The first-order valence-electron chi connectivity index (χ1n) is 6.29. The minimum Gasteiger partial charge on any atom is -0.545 e. The molecule has 0 unspecified atom stereocenters. The van der Waals surface area contributed by atoms with Gasteiger partial charge in [0.15, 0.2) is 0 Å². The van der Waals surface area contributed by atoms with Gasteiger partial charge in [-0.2, -0.15) is 0 Å². The fourth-order valence-electron chi connectivity index (χ4n) is 1.68. The monoisotopic (exact) mass is 484 g/mol. The molecule has 12 heteroatoms. The van der Waals surface area contributed by atoms with Crippen molar-refractivity contribution < 1.29 is 245 Å². The molecule has 0 heterocycles. The molecule has 2 rings (SSSR count). The number of hydrogen-bond donors (Lipinski definition) is 0. The van der Waals surface area contributed by atoms with E-state index in [4.69, 9.17) is 0 Å². The predicted octanol–water partition coefficient (Wildman–Crippen LogP) is -15.2. The number of carboxylic acid groups (broad SMARTS) is 4. The van der Waals surface area contributed by atoms with Crippen molar-refractivity contribution in [1.82, 2.24) is 0 Å². The van der Waals surface area contributed by atoms with Gasteiger partial charge in [-0.15, -0.1) is 0 Å². The van der Waals surface area contributed by atoms with Crippen molar-refractivity contribution in [3.8, 4) is 0 Å². The maximum Gasteiger partial charge on any atom is 1.00 e. The third kappa shape index (κ3) is 13.4. The Morgan fingerprint density at radius 3 is 0.679 bits per heavy atom. The average molecular weight is 485 g/mol. The number of aromatic carboxylic acids is 4. The molecular formula is C16H8K4O8. The van der Waals surface area contributed by atoms with Gasteiger partial charge in [0.1, 0.15) is 0 Å². The van der Waals surface area contributed by atoms with Crippen LogP contribution in [0.15, 0.2) is 48.5 Å². The van der Waals surface area contributed by atoms with Crippen LogP contribution in [-0.4, -0.2) is 23.9 Å². The first-order chi connectivity index (χ1) is 11.3. The molecule has 0 saturated heterocycles. The Kier molecular flexibility index (Phi) is 27.9. The molecule has 0 N–H and O–H groups in total. The molecule has 0 radical (unpaired) electrons. The third-order valence-corrected chi connectivity index (χ3v) is 2.73. The van der Waals surface area contributed by atoms with Crippen molar-refractivity contribution >= 4 is 23.9 Å². The summed E-state index contributed by atoms with van der Waals surface area (Å²) in [5, 5.41) is 41.3. The van der Waals surface area contributed by atoms with Crippen molar-refractivity contribution in [3.63, 3.8) is 0 Å². The Bertz CT molecular complexity index is 677. The Morgan fingerprint density at radius 1 is 0.429 bits per heavy atom. The molecule has 0 amide bonds. The van der Waals surface area contributed by atoms with E-state index in [0.717, 1.165) is 24.3 Å². The van der Waals surface area contributed by atoms with E-state index in [9.17, 15) is 39.6 Å². The summed E-state index contributed by atoms with van der Waals surface area (Å²) < 4.78 is 0. The topological polar surface area (TPSA) is 161 Å². The summed E-state index contributed by atoms with van der Waals surface area (Å²) in [6, 6.07) is 10.3. The number of carbonyl (C=O) groups excluding carboxylic acids is 4. The molecule has 0 bridgehead atoms. The van der Waals surface area contributed by atoms with Crippen molar-refractivity contribution in [1.29, 1.82) is 0 Å². The van der Waals surface area contributed by atoms with Crippen LogP contribution >= 0.6 is 0 Å². The number of rotatable bonds is 4. The third-order valence-electron chi connectivity index (χ3n) is 2.73. The van der Waals surface area contributed by atoms with Gasteiger partial charge >= 0.3 is 206 Å². The van der Waals surface area contributed by atoms with Crippen LogP contribution in [0.4, 0.5) is 0 Å². The molecule has 0 atom stereocenters. The zero-order valence-electron chi connectivity index (χ0n) is 15.9. The second-order valence-electron chi connectivity index (χ2n) is 4.24. The number of carbonyl (C=O) groups is 4. The molecule has 2 aromatic rings. The summed E-state index contributed by atoms with van der Waals surface area (Å²) in [6.07, 6.45) is 0. The maximum atomic E-state index is 10.3. The molecule has 8 nitrogen and oxygen atoms in total. The van der Waals surface area contributed by atoms with Crippen LogP contribution in [0, 0.1) is 0 Å². The molecule has 28 heavy (non-hydrogen) atoms. The van der Waals surface area contributed by atoms with Gasteiger partial charge in [0.05, 0.1) is 23.9 Å². The summed E-state index contributed by atoms with van der Waals surface area (Å²) >= 11 is 0. The Labute approximate surface area is 330 Å². The molecule has 0 saturated carbocycles. The summed E-state index contributed by atoms with van der Waals surface area (Å²) in [5.74, 6) is -6.07. The van der Waals surface area contributed by atoms with Gasteiger partial charge < -0.3 is 39.6 Å². The smallest absolute Gasteiger partial charge is 0.545 e. The quantitative estimate of drug-likeness (QED) is 0.387. The van der Waals surface area contributed by atoms with Crippen LogP contribution in [0.25, 0.3) is 0 Å². The van der Waals surface area contributed by atoms with Crippen molar-refractivity contribution in [2.75, 3.05) is 0 Å². The Balaban J connectivity index is -0.000000180. The van der Waals surface area contributed by atoms with Gasteiger partial charge in [-0.3, -0.25) is 0 Å². The number of benzene rings is 2. The zero-order chi connectivity index (χ0) is 18.3. The summed E-state index contributed by atoms with van der Waals surface area (Å²) in [4.78, 5) is 41.3. The average Bonchev–Trinajstić information content (AvgIpc) is 2.55. The number of carboxylic acids is 4. The first-order valence-corrected chi connectivity index (χ1v) is 6.29. The standard InChI is InChI=1S/2C8H6O4.4K/c2*9-7(10)5-3-1-2-4-6(5)8(11)12;;;;/h2*1-4H,(H,9,10)(H,11,12);;;;/q;;4*+1/p-4. The van der Waals surface area contributed by atoms with E-state index in [1.165, 1.54) is 24.3 Å². The molecule has 0 aromatic heterocycles. The number of hydrogen-bond acceptors (Lipinski definition) is 8. The molecule has 0 fully saturated rings. The largest absolute Gasteiger partial charge is 1.00 e. The van der Waals surface area contributed by atoms with Crippen molar-refractivity contribution in [3.05, 3.63) is 70.8 Å². The van der Waals surface area contributed by atoms with Crippen LogP contribution in [0.5, 0.6) is 0 Å². The summed E-state index contributed by atoms with van der Waals surface area (Å²) in [6.45, 7) is 0. The van der Waals surface area contributed by atoms with E-state index in [1.807, 2.05) is 0 Å². The second kappa shape index (κ2) is 20.5. The molecular weight excluding hydrogens is 477 g/mol. The summed E-state index contributed by atoms with van der Waals surface area (Å²) in [5.41, 5.74) is -1.45. The zero-order valence-corrected chi connectivity index (χ0v) is 28.4. The van der Waals surface area contributed by atoms with Crippen molar-refractivity contribution in [2.24, 2.45) is 0 Å². The molecule has 0 aliphatic carbocycles. The molecule has 2 aromatic carbocycles. The Morgan fingerprint density at radius 2 is 0.571 bits per heavy atom. The van der Waals surface area contributed by atoms with Crippen LogP contribution in [-0.2, 0) is 0 Å². The fourth-order valence-corrected chi connectivity index (χ4v) is 1.68. The van der Waals surface area contributed by atoms with Gasteiger partial charge in [0.25, 0.3) is 0 Å². The fraction of sp³-hybridized carbons (Fsp3) is 0. The normalized spacial score (nSPS) is 8.00. The Hall–Kier alpha value is 2.87. The maximum absolute atomic E-state index is 10.3. The molecule has 0 spiro atoms. The first kappa shape index (κ1) is 38.1. The van der Waals surface area contributed by atoms with Crippen LogP contribution in [0.1, 0.15) is 41.4 Å². The van der Waals surface area contributed by atoms with E-state index in [-0.39, 0.29) is 228 Å². The second-order valence-corrected chi connectivity index (χ2v) is 4.24.